The minimum Gasteiger partial charge on any atom is -0.469 e. The maximum absolute atomic E-state index is 11.1. The Morgan fingerprint density at radius 3 is 3.06 bits per heavy atom. The molecule has 1 aromatic rings. The van der Waals surface area contributed by atoms with E-state index < -0.39 is 0 Å². The average molecular weight is 217 g/mol. The van der Waals surface area contributed by atoms with Crippen LogP contribution in [0.25, 0.3) is 5.57 Å². The molecule has 3 heteroatoms. The van der Waals surface area contributed by atoms with Gasteiger partial charge in [-0.15, -0.1) is 0 Å². The molecule has 0 radical (unpaired) electrons. The first-order valence-electron chi connectivity index (χ1n) is 5.40. The molecule has 1 aliphatic rings. The van der Waals surface area contributed by atoms with Gasteiger partial charge in [0.1, 0.15) is 0 Å². The van der Waals surface area contributed by atoms with Crippen LogP contribution in [0.15, 0.2) is 30.3 Å². The van der Waals surface area contributed by atoms with Crippen molar-refractivity contribution in [2.24, 2.45) is 0 Å². The van der Waals surface area contributed by atoms with E-state index in [4.69, 9.17) is 0 Å². The molecule has 1 aliphatic heterocycles. The molecule has 3 nitrogen and oxygen atoms in total. The smallest absolute Gasteiger partial charge is 0.305 e. The number of ether oxygens (including phenoxy) is 1. The third-order valence-electron chi connectivity index (χ3n) is 2.74. The summed E-state index contributed by atoms with van der Waals surface area (Å²) in [4.78, 5) is 11.1. The minimum atomic E-state index is -0.156. The van der Waals surface area contributed by atoms with E-state index in [9.17, 15) is 4.79 Å². The Balaban J connectivity index is 2.11. The number of allylic oxidation sites excluding steroid dienone is 1. The van der Waals surface area contributed by atoms with Crippen molar-refractivity contribution >= 4 is 17.2 Å². The number of methoxy groups -OCH3 is 1. The fourth-order valence-electron chi connectivity index (χ4n) is 1.89. The van der Waals surface area contributed by atoms with Crippen molar-refractivity contribution in [1.29, 1.82) is 0 Å². The maximum Gasteiger partial charge on any atom is 0.305 e. The maximum atomic E-state index is 11.1. The molecule has 0 saturated heterocycles. The summed E-state index contributed by atoms with van der Waals surface area (Å²) in [5, 5.41) is 3.30. The van der Waals surface area contributed by atoms with Crippen LogP contribution in [0, 0.1) is 0 Å². The van der Waals surface area contributed by atoms with E-state index in [0.29, 0.717) is 6.42 Å². The van der Waals surface area contributed by atoms with Crippen LogP contribution in [0.3, 0.4) is 0 Å². The molecule has 0 amide bonds. The zero-order chi connectivity index (χ0) is 11.4. The SMILES string of the molecule is COC(=O)CCC1=CCNc2ccccc21. The number of fused-ring (bicyclic) bond motifs is 1. The first-order chi connectivity index (χ1) is 7.81. The molecular formula is C13H15NO2. The molecule has 0 aromatic heterocycles. The molecule has 0 unspecified atom stereocenters. The number of para-hydroxylation sites is 1. The van der Waals surface area contributed by atoms with Crippen LogP contribution < -0.4 is 5.32 Å². The van der Waals surface area contributed by atoms with E-state index in [1.54, 1.807) is 0 Å². The van der Waals surface area contributed by atoms with Crippen molar-refractivity contribution in [3.63, 3.8) is 0 Å². The summed E-state index contributed by atoms with van der Waals surface area (Å²) in [6.07, 6.45) is 3.31. The molecule has 0 saturated carbocycles. The van der Waals surface area contributed by atoms with Crippen LogP contribution in [0.2, 0.25) is 0 Å². The fraction of sp³-hybridized carbons (Fsp3) is 0.308. The summed E-state index contributed by atoms with van der Waals surface area (Å²) in [7, 11) is 1.42. The minimum absolute atomic E-state index is 0.156. The predicted molar refractivity (Wildman–Crippen MR) is 64.2 cm³/mol. The highest BCUT2D eigenvalue weighted by atomic mass is 16.5. The van der Waals surface area contributed by atoms with E-state index in [-0.39, 0.29) is 5.97 Å². The number of hydrogen-bond acceptors (Lipinski definition) is 3. The fourth-order valence-corrected chi connectivity index (χ4v) is 1.89. The van der Waals surface area contributed by atoms with E-state index in [1.807, 2.05) is 12.1 Å². The molecule has 84 valence electrons. The van der Waals surface area contributed by atoms with Crippen molar-refractivity contribution in [3.8, 4) is 0 Å². The van der Waals surface area contributed by atoms with E-state index >= 15 is 0 Å². The van der Waals surface area contributed by atoms with Gasteiger partial charge in [-0.2, -0.15) is 0 Å². The molecule has 0 fully saturated rings. The highest BCUT2D eigenvalue weighted by Crippen LogP contribution is 2.29. The molecule has 16 heavy (non-hydrogen) atoms. The molecular weight excluding hydrogens is 202 g/mol. The Morgan fingerprint density at radius 1 is 1.44 bits per heavy atom. The zero-order valence-corrected chi connectivity index (χ0v) is 9.32. The second kappa shape index (κ2) is 4.84. The largest absolute Gasteiger partial charge is 0.469 e. The number of carbonyl (C=O) groups excluding carboxylic acids is 1. The van der Waals surface area contributed by atoms with Crippen molar-refractivity contribution < 1.29 is 9.53 Å². The van der Waals surface area contributed by atoms with E-state index in [2.05, 4.69) is 28.3 Å². The van der Waals surface area contributed by atoms with Crippen molar-refractivity contribution in [1.82, 2.24) is 0 Å². The predicted octanol–water partition coefficient (Wildman–Crippen LogP) is 2.45. The van der Waals surface area contributed by atoms with Gasteiger partial charge < -0.3 is 10.1 Å². The molecule has 1 heterocycles. The topological polar surface area (TPSA) is 38.3 Å². The van der Waals surface area contributed by atoms with Crippen LogP contribution in [0.4, 0.5) is 5.69 Å². The normalized spacial score (nSPS) is 13.4. The van der Waals surface area contributed by atoms with Crippen molar-refractivity contribution in [3.05, 3.63) is 35.9 Å². The molecule has 2 rings (SSSR count). The van der Waals surface area contributed by atoms with Crippen LogP contribution in [-0.4, -0.2) is 19.6 Å². The van der Waals surface area contributed by atoms with Gasteiger partial charge in [-0.1, -0.05) is 24.3 Å². The van der Waals surface area contributed by atoms with Gasteiger partial charge in [-0.25, -0.2) is 0 Å². The number of nitrogens with one attached hydrogen (secondary N) is 1. The number of carbonyl (C=O) groups is 1. The zero-order valence-electron chi connectivity index (χ0n) is 9.32. The first kappa shape index (κ1) is 10.7. The van der Waals surface area contributed by atoms with Crippen LogP contribution in [0.5, 0.6) is 0 Å². The molecule has 1 aromatic carbocycles. The lowest BCUT2D eigenvalue weighted by Gasteiger charge is -2.18. The van der Waals surface area contributed by atoms with Gasteiger partial charge in [0.05, 0.1) is 7.11 Å². The Kier molecular flexibility index (Phi) is 3.25. The van der Waals surface area contributed by atoms with Crippen LogP contribution in [-0.2, 0) is 9.53 Å². The van der Waals surface area contributed by atoms with Gasteiger partial charge in [0.15, 0.2) is 0 Å². The first-order valence-corrected chi connectivity index (χ1v) is 5.40. The summed E-state index contributed by atoms with van der Waals surface area (Å²) in [5.74, 6) is -0.156. The third-order valence-corrected chi connectivity index (χ3v) is 2.74. The Bertz CT molecular complexity index is 424. The highest BCUT2D eigenvalue weighted by Gasteiger charge is 2.12. The Morgan fingerprint density at radius 2 is 2.25 bits per heavy atom. The Hall–Kier alpha value is -1.77. The molecule has 0 bridgehead atoms. The van der Waals surface area contributed by atoms with Gasteiger partial charge >= 0.3 is 5.97 Å². The van der Waals surface area contributed by atoms with Gasteiger partial charge in [-0.05, 0) is 18.1 Å². The standard InChI is InChI=1S/C13H15NO2/c1-16-13(15)7-6-10-8-9-14-12-5-3-2-4-11(10)12/h2-5,8,14H,6-7,9H2,1H3. The molecule has 1 N–H and O–H groups in total. The van der Waals surface area contributed by atoms with Crippen LogP contribution >= 0.6 is 0 Å². The number of hydrogen-bond donors (Lipinski definition) is 1. The monoisotopic (exact) mass is 217 g/mol. The Labute approximate surface area is 95.1 Å². The van der Waals surface area contributed by atoms with E-state index in [0.717, 1.165) is 18.7 Å². The van der Waals surface area contributed by atoms with E-state index in [1.165, 1.54) is 18.2 Å². The molecule has 0 atom stereocenters. The summed E-state index contributed by atoms with van der Waals surface area (Å²) >= 11 is 0. The van der Waals surface area contributed by atoms with Crippen molar-refractivity contribution in [2.75, 3.05) is 19.0 Å². The second-order valence-corrected chi connectivity index (χ2v) is 3.73. The second-order valence-electron chi connectivity index (χ2n) is 3.73. The van der Waals surface area contributed by atoms with Gasteiger partial charge in [0, 0.05) is 24.2 Å². The van der Waals surface area contributed by atoms with Crippen molar-refractivity contribution in [2.45, 2.75) is 12.8 Å². The number of benzene rings is 1. The van der Waals surface area contributed by atoms with Crippen LogP contribution in [0.1, 0.15) is 18.4 Å². The summed E-state index contributed by atoms with van der Waals surface area (Å²) in [6.45, 7) is 0.827. The summed E-state index contributed by atoms with van der Waals surface area (Å²) in [5.41, 5.74) is 3.56. The quantitative estimate of drug-likeness (QED) is 0.790. The molecule has 0 aliphatic carbocycles. The summed E-state index contributed by atoms with van der Waals surface area (Å²) < 4.78 is 4.65. The number of esters is 1. The lowest BCUT2D eigenvalue weighted by atomic mass is 9.96. The summed E-state index contributed by atoms with van der Waals surface area (Å²) in [6, 6.07) is 8.15. The third kappa shape index (κ3) is 2.24. The van der Waals surface area contributed by atoms with Gasteiger partial charge in [0.2, 0.25) is 0 Å². The molecule has 0 spiro atoms. The van der Waals surface area contributed by atoms with Gasteiger partial charge in [-0.3, -0.25) is 4.79 Å². The lowest BCUT2D eigenvalue weighted by Crippen LogP contribution is -2.09. The lowest BCUT2D eigenvalue weighted by molar-refractivity contribution is -0.140. The number of anilines is 1. The average Bonchev–Trinajstić information content (AvgIpc) is 2.35. The number of rotatable bonds is 3. The van der Waals surface area contributed by atoms with Gasteiger partial charge in [0.25, 0.3) is 0 Å². The highest BCUT2D eigenvalue weighted by molar-refractivity contribution is 5.81.